The Morgan fingerprint density at radius 3 is 2.47 bits per heavy atom. The molecular weight excluding hydrogens is 268 g/mol. The Balaban J connectivity index is 1.82. The first kappa shape index (κ1) is 12.6. The molecule has 6 nitrogen and oxygen atoms in total. The second-order valence-corrected chi connectivity index (χ2v) is 6.09. The van der Waals surface area contributed by atoms with E-state index in [1.54, 1.807) is 0 Å². The summed E-state index contributed by atoms with van der Waals surface area (Å²) < 4.78 is 0. The average molecular weight is 282 g/mol. The van der Waals surface area contributed by atoms with Crippen molar-refractivity contribution in [2.45, 2.75) is 43.9 Å². The standard InChI is InChI=1S/C12H14N2O4S/c15-8-3-6-1-2-7(4-8)14(6)11(16)9-5-13-10(19-9)12(17)18/h5-8,15H,1-4H2,(H,17,18). The molecule has 0 aromatic carbocycles. The number of hydrogen-bond acceptors (Lipinski definition) is 5. The molecular formula is C12H14N2O4S. The van der Waals surface area contributed by atoms with Gasteiger partial charge in [-0.15, -0.1) is 11.3 Å². The highest BCUT2D eigenvalue weighted by Gasteiger charge is 2.43. The van der Waals surface area contributed by atoms with Crippen LogP contribution in [0, 0.1) is 0 Å². The lowest BCUT2D eigenvalue weighted by molar-refractivity contribution is 0.0290. The van der Waals surface area contributed by atoms with Gasteiger partial charge in [0.15, 0.2) is 0 Å². The van der Waals surface area contributed by atoms with Crippen LogP contribution >= 0.6 is 11.3 Å². The fourth-order valence-electron chi connectivity index (χ4n) is 3.08. The zero-order valence-electron chi connectivity index (χ0n) is 10.2. The van der Waals surface area contributed by atoms with Gasteiger partial charge in [0.05, 0.1) is 12.3 Å². The van der Waals surface area contributed by atoms with Crippen molar-refractivity contribution in [2.75, 3.05) is 0 Å². The maximum Gasteiger partial charge on any atom is 0.365 e. The molecule has 2 atom stereocenters. The lowest BCUT2D eigenvalue weighted by Crippen LogP contribution is -2.47. The van der Waals surface area contributed by atoms with Crippen molar-refractivity contribution in [3.63, 3.8) is 0 Å². The molecule has 0 radical (unpaired) electrons. The second kappa shape index (κ2) is 4.57. The summed E-state index contributed by atoms with van der Waals surface area (Å²) in [6, 6.07) is 0.160. The smallest absolute Gasteiger partial charge is 0.365 e. The molecule has 0 saturated carbocycles. The van der Waals surface area contributed by atoms with E-state index in [0.717, 1.165) is 24.2 Å². The quantitative estimate of drug-likeness (QED) is 0.843. The molecule has 1 aromatic rings. The van der Waals surface area contributed by atoms with Crippen molar-refractivity contribution in [3.05, 3.63) is 16.1 Å². The van der Waals surface area contributed by atoms with Crippen molar-refractivity contribution in [3.8, 4) is 0 Å². The third-order valence-corrected chi connectivity index (χ3v) is 4.82. The fraction of sp³-hybridized carbons (Fsp3) is 0.583. The van der Waals surface area contributed by atoms with E-state index in [1.807, 2.05) is 4.90 Å². The molecule has 0 aliphatic carbocycles. The molecule has 2 bridgehead atoms. The van der Waals surface area contributed by atoms with E-state index in [1.165, 1.54) is 6.20 Å². The van der Waals surface area contributed by atoms with E-state index in [-0.39, 0.29) is 29.1 Å². The summed E-state index contributed by atoms with van der Waals surface area (Å²) in [5.41, 5.74) is 0. The lowest BCUT2D eigenvalue weighted by atomic mass is 10.00. The van der Waals surface area contributed by atoms with E-state index < -0.39 is 5.97 Å². The average Bonchev–Trinajstić information content (AvgIpc) is 2.93. The summed E-state index contributed by atoms with van der Waals surface area (Å²) in [6.07, 6.45) is 4.08. The Morgan fingerprint density at radius 1 is 1.32 bits per heavy atom. The number of carbonyl (C=O) groups is 2. The largest absolute Gasteiger partial charge is 0.476 e. The Bertz CT molecular complexity index is 516. The first-order valence-corrected chi connectivity index (χ1v) is 7.07. The number of aliphatic hydroxyl groups is 1. The first-order chi connectivity index (χ1) is 9.06. The number of rotatable bonds is 2. The van der Waals surface area contributed by atoms with Gasteiger partial charge in [-0.2, -0.15) is 0 Å². The summed E-state index contributed by atoms with van der Waals surface area (Å²) in [5, 5.41) is 18.5. The molecule has 2 aliphatic rings. The number of amides is 1. The highest BCUT2D eigenvalue weighted by Crippen LogP contribution is 2.37. The molecule has 2 saturated heterocycles. The lowest BCUT2D eigenvalue weighted by Gasteiger charge is -2.36. The Kier molecular flexibility index (Phi) is 3.02. The fourth-order valence-corrected chi connectivity index (χ4v) is 3.78. The number of aromatic carboxylic acids is 1. The molecule has 3 heterocycles. The van der Waals surface area contributed by atoms with Crippen LogP contribution in [-0.2, 0) is 0 Å². The van der Waals surface area contributed by atoms with Crippen molar-refractivity contribution in [1.29, 1.82) is 0 Å². The maximum atomic E-state index is 12.4. The number of piperidine rings is 1. The third-order valence-electron chi connectivity index (χ3n) is 3.84. The topological polar surface area (TPSA) is 90.7 Å². The normalized spacial score (nSPS) is 29.5. The molecule has 1 aromatic heterocycles. The van der Waals surface area contributed by atoms with Crippen LogP contribution < -0.4 is 0 Å². The van der Waals surface area contributed by atoms with Crippen LogP contribution in [0.1, 0.15) is 45.2 Å². The van der Waals surface area contributed by atoms with Crippen LogP contribution in [0.4, 0.5) is 0 Å². The van der Waals surface area contributed by atoms with Gasteiger partial charge in [0.2, 0.25) is 5.01 Å². The van der Waals surface area contributed by atoms with Gasteiger partial charge in [-0.25, -0.2) is 9.78 Å². The highest BCUT2D eigenvalue weighted by molar-refractivity contribution is 7.15. The van der Waals surface area contributed by atoms with Gasteiger partial charge in [0.1, 0.15) is 4.88 Å². The predicted molar refractivity (Wildman–Crippen MR) is 67.3 cm³/mol. The Labute approximate surface area is 113 Å². The van der Waals surface area contributed by atoms with Crippen LogP contribution in [0.25, 0.3) is 0 Å². The predicted octanol–water partition coefficient (Wildman–Crippen LogP) is 0.969. The molecule has 2 unspecified atom stereocenters. The minimum atomic E-state index is -1.11. The highest BCUT2D eigenvalue weighted by atomic mass is 32.1. The van der Waals surface area contributed by atoms with E-state index >= 15 is 0 Å². The third kappa shape index (κ3) is 2.12. The van der Waals surface area contributed by atoms with Crippen LogP contribution in [0.2, 0.25) is 0 Å². The number of carbonyl (C=O) groups excluding carboxylic acids is 1. The molecule has 1 amide bonds. The van der Waals surface area contributed by atoms with Crippen molar-refractivity contribution in [1.82, 2.24) is 9.88 Å². The number of hydrogen-bond donors (Lipinski definition) is 2. The molecule has 7 heteroatoms. The first-order valence-electron chi connectivity index (χ1n) is 6.26. The van der Waals surface area contributed by atoms with Crippen LogP contribution in [0.15, 0.2) is 6.20 Å². The molecule has 3 rings (SSSR count). The monoisotopic (exact) mass is 282 g/mol. The van der Waals surface area contributed by atoms with Gasteiger partial charge < -0.3 is 15.1 Å². The maximum absolute atomic E-state index is 12.4. The van der Waals surface area contributed by atoms with Gasteiger partial charge in [-0.05, 0) is 25.7 Å². The van der Waals surface area contributed by atoms with E-state index in [4.69, 9.17) is 5.11 Å². The summed E-state index contributed by atoms with van der Waals surface area (Å²) >= 11 is 0.911. The SMILES string of the molecule is O=C(O)c1ncc(C(=O)N2C3CCC2CC(O)C3)s1. The van der Waals surface area contributed by atoms with Crippen molar-refractivity contribution >= 4 is 23.2 Å². The summed E-state index contributed by atoms with van der Waals surface area (Å²) in [5.74, 6) is -1.26. The number of carboxylic acids is 1. The van der Waals surface area contributed by atoms with Crippen LogP contribution in [-0.4, -0.2) is 50.2 Å². The number of carboxylic acid groups (broad SMARTS) is 1. The summed E-state index contributed by atoms with van der Waals surface area (Å²) in [4.78, 5) is 29.1. The van der Waals surface area contributed by atoms with Crippen LogP contribution in [0.5, 0.6) is 0 Å². The number of thiazole rings is 1. The van der Waals surface area contributed by atoms with E-state index in [2.05, 4.69) is 4.98 Å². The van der Waals surface area contributed by atoms with Gasteiger partial charge in [0, 0.05) is 12.1 Å². The number of aromatic nitrogens is 1. The summed E-state index contributed by atoms with van der Waals surface area (Å²) in [7, 11) is 0. The Hall–Kier alpha value is -1.47. The number of aliphatic hydroxyl groups excluding tert-OH is 1. The summed E-state index contributed by atoms with van der Waals surface area (Å²) in [6.45, 7) is 0. The molecule has 2 aliphatic heterocycles. The van der Waals surface area contributed by atoms with Gasteiger partial charge in [-0.1, -0.05) is 0 Å². The number of fused-ring (bicyclic) bond motifs is 2. The molecule has 19 heavy (non-hydrogen) atoms. The van der Waals surface area contributed by atoms with Crippen molar-refractivity contribution in [2.24, 2.45) is 0 Å². The van der Waals surface area contributed by atoms with E-state index in [9.17, 15) is 14.7 Å². The molecule has 2 N–H and O–H groups in total. The van der Waals surface area contributed by atoms with Gasteiger partial charge in [-0.3, -0.25) is 4.79 Å². The zero-order chi connectivity index (χ0) is 13.6. The second-order valence-electron chi connectivity index (χ2n) is 5.06. The minimum absolute atomic E-state index is 0.0623. The zero-order valence-corrected chi connectivity index (χ0v) is 11.0. The van der Waals surface area contributed by atoms with Crippen molar-refractivity contribution < 1.29 is 19.8 Å². The number of nitrogens with zero attached hydrogens (tertiary/aromatic N) is 2. The van der Waals surface area contributed by atoms with Crippen LogP contribution in [0.3, 0.4) is 0 Å². The minimum Gasteiger partial charge on any atom is -0.476 e. The molecule has 102 valence electrons. The Morgan fingerprint density at radius 2 is 1.95 bits per heavy atom. The van der Waals surface area contributed by atoms with E-state index in [0.29, 0.717) is 17.7 Å². The van der Waals surface area contributed by atoms with Gasteiger partial charge in [0.25, 0.3) is 5.91 Å². The molecule has 0 spiro atoms. The molecule has 2 fully saturated rings. The van der Waals surface area contributed by atoms with Gasteiger partial charge >= 0.3 is 5.97 Å².